The Kier molecular flexibility index (Phi) is 7.11. The molecule has 0 amide bonds. The minimum atomic E-state index is -1.68. The van der Waals surface area contributed by atoms with E-state index >= 15 is 0 Å². The van der Waals surface area contributed by atoms with Gasteiger partial charge in [0.15, 0.2) is 24.6 Å². The molecule has 0 radical (unpaired) electrons. The van der Waals surface area contributed by atoms with E-state index in [0.29, 0.717) is 0 Å². The van der Waals surface area contributed by atoms with Crippen molar-refractivity contribution in [2.24, 2.45) is 0 Å². The molecule has 1 aliphatic rings. The lowest BCUT2D eigenvalue weighted by atomic mass is 9.98. The third kappa shape index (κ3) is 5.78. The fourth-order valence-corrected chi connectivity index (χ4v) is 2.21. The average Bonchev–Trinajstić information content (AvgIpc) is 2.42. The number of rotatable bonds is 5. The number of esters is 4. The summed E-state index contributed by atoms with van der Waals surface area (Å²) >= 11 is 0. The van der Waals surface area contributed by atoms with Crippen LogP contribution in [0.3, 0.4) is 0 Å². The molecular weight excluding hydrogens is 328 g/mol. The molecule has 0 spiro atoms. The molecule has 24 heavy (non-hydrogen) atoms. The predicted octanol–water partition coefficient (Wildman–Crippen LogP) is -0.938. The molecule has 1 heterocycles. The quantitative estimate of drug-likeness (QED) is 0.490. The van der Waals surface area contributed by atoms with Crippen LogP contribution in [0.5, 0.6) is 0 Å². The van der Waals surface area contributed by atoms with Crippen molar-refractivity contribution in [1.82, 2.24) is 0 Å². The van der Waals surface area contributed by atoms with Gasteiger partial charge in [-0.3, -0.25) is 19.2 Å². The molecule has 10 heteroatoms. The van der Waals surface area contributed by atoms with Crippen molar-refractivity contribution in [3.8, 4) is 0 Å². The Bertz CT molecular complexity index is 502. The Hall–Kier alpha value is -2.20. The lowest BCUT2D eigenvalue weighted by molar-refractivity contribution is -0.296. The second-order valence-electron chi connectivity index (χ2n) is 5.09. The minimum Gasteiger partial charge on any atom is -0.463 e. The summed E-state index contributed by atoms with van der Waals surface area (Å²) < 4.78 is 25.0. The van der Waals surface area contributed by atoms with Gasteiger partial charge in [-0.25, -0.2) is 0 Å². The molecule has 3 unspecified atom stereocenters. The van der Waals surface area contributed by atoms with Crippen molar-refractivity contribution in [2.45, 2.75) is 58.4 Å². The van der Waals surface area contributed by atoms with Crippen LogP contribution in [0.15, 0.2) is 0 Å². The number of ether oxygens (including phenoxy) is 5. The Morgan fingerprint density at radius 3 is 1.71 bits per heavy atom. The van der Waals surface area contributed by atoms with E-state index in [2.05, 4.69) is 0 Å². The molecule has 0 aliphatic carbocycles. The first-order valence-corrected chi connectivity index (χ1v) is 7.10. The van der Waals surface area contributed by atoms with Gasteiger partial charge in [0, 0.05) is 27.7 Å². The van der Waals surface area contributed by atoms with Gasteiger partial charge in [-0.2, -0.15) is 0 Å². The van der Waals surface area contributed by atoms with E-state index in [-0.39, 0.29) is 6.61 Å². The van der Waals surface area contributed by atoms with Gasteiger partial charge in [0.25, 0.3) is 0 Å². The zero-order chi connectivity index (χ0) is 18.4. The summed E-state index contributed by atoms with van der Waals surface area (Å²) in [6, 6.07) is 0. The molecule has 0 bridgehead atoms. The number of carbonyl (C=O) groups is 4. The topological polar surface area (TPSA) is 135 Å². The van der Waals surface area contributed by atoms with Gasteiger partial charge in [0.2, 0.25) is 0 Å². The molecule has 1 rings (SSSR count). The molecule has 0 aromatic rings. The van der Waals surface area contributed by atoms with Gasteiger partial charge in [-0.1, -0.05) is 0 Å². The Morgan fingerprint density at radius 1 is 0.792 bits per heavy atom. The largest absolute Gasteiger partial charge is 0.463 e. The van der Waals surface area contributed by atoms with Crippen LogP contribution >= 0.6 is 0 Å². The number of aliphatic hydroxyl groups is 1. The Balaban J connectivity index is 3.11. The summed E-state index contributed by atoms with van der Waals surface area (Å²) in [5.41, 5.74) is 0. The van der Waals surface area contributed by atoms with Crippen molar-refractivity contribution < 1.29 is 48.0 Å². The normalized spacial score (nSPS) is 29.3. The second-order valence-corrected chi connectivity index (χ2v) is 5.09. The minimum absolute atomic E-state index is 0.366. The van der Waals surface area contributed by atoms with E-state index < -0.39 is 54.6 Å². The van der Waals surface area contributed by atoms with Crippen LogP contribution in [0.2, 0.25) is 0 Å². The van der Waals surface area contributed by atoms with Crippen molar-refractivity contribution >= 4 is 23.9 Å². The molecule has 1 aliphatic heterocycles. The van der Waals surface area contributed by atoms with E-state index in [9.17, 15) is 24.3 Å². The van der Waals surface area contributed by atoms with Gasteiger partial charge in [-0.15, -0.1) is 0 Å². The van der Waals surface area contributed by atoms with Crippen LogP contribution in [0.4, 0.5) is 0 Å². The van der Waals surface area contributed by atoms with E-state index in [0.717, 1.165) is 27.7 Å². The summed E-state index contributed by atoms with van der Waals surface area (Å²) in [5, 5.41) is 10.0. The summed E-state index contributed by atoms with van der Waals surface area (Å²) in [5.74, 6) is -2.87. The molecule has 1 N–H and O–H groups in total. The highest BCUT2D eigenvalue weighted by molar-refractivity contribution is 5.68. The number of hydrogen-bond donors (Lipinski definition) is 1. The molecule has 0 aromatic carbocycles. The first-order chi connectivity index (χ1) is 11.1. The van der Waals surface area contributed by atoms with Crippen molar-refractivity contribution in [2.75, 3.05) is 6.61 Å². The highest BCUT2D eigenvalue weighted by atomic mass is 16.7. The fourth-order valence-electron chi connectivity index (χ4n) is 2.21. The zero-order valence-corrected chi connectivity index (χ0v) is 13.7. The van der Waals surface area contributed by atoms with Crippen LogP contribution in [-0.4, -0.2) is 66.3 Å². The lowest BCUT2D eigenvalue weighted by Crippen LogP contribution is -2.62. The fraction of sp³-hybridized carbons (Fsp3) is 0.714. The SMILES string of the molecule is CC(=O)OCC1O[C@@H](O)[C@@H](OC(C)=O)C(OC(C)=O)C1OC(C)=O. The molecule has 1 saturated heterocycles. The van der Waals surface area contributed by atoms with Crippen LogP contribution in [0.1, 0.15) is 27.7 Å². The molecule has 0 saturated carbocycles. The summed E-state index contributed by atoms with van der Waals surface area (Å²) in [6.45, 7) is 4.09. The second kappa shape index (κ2) is 8.60. The summed E-state index contributed by atoms with van der Waals surface area (Å²) in [7, 11) is 0. The van der Waals surface area contributed by atoms with Crippen molar-refractivity contribution in [1.29, 1.82) is 0 Å². The molecule has 10 nitrogen and oxygen atoms in total. The average molecular weight is 348 g/mol. The van der Waals surface area contributed by atoms with Gasteiger partial charge < -0.3 is 28.8 Å². The zero-order valence-electron chi connectivity index (χ0n) is 13.7. The van der Waals surface area contributed by atoms with Gasteiger partial charge in [-0.05, 0) is 0 Å². The van der Waals surface area contributed by atoms with Gasteiger partial charge in [0.1, 0.15) is 12.7 Å². The summed E-state index contributed by atoms with van der Waals surface area (Å²) in [4.78, 5) is 44.9. The number of carbonyl (C=O) groups excluding carboxylic acids is 4. The number of hydrogen-bond acceptors (Lipinski definition) is 10. The first kappa shape index (κ1) is 19.8. The van der Waals surface area contributed by atoms with E-state index in [4.69, 9.17) is 23.7 Å². The third-order valence-electron chi connectivity index (χ3n) is 2.97. The van der Waals surface area contributed by atoms with Crippen LogP contribution < -0.4 is 0 Å². The maximum absolute atomic E-state index is 11.3. The molecule has 5 atom stereocenters. The molecule has 1 fully saturated rings. The van der Waals surface area contributed by atoms with Crippen LogP contribution in [0, 0.1) is 0 Å². The Morgan fingerprint density at radius 2 is 1.25 bits per heavy atom. The van der Waals surface area contributed by atoms with Crippen molar-refractivity contribution in [3.63, 3.8) is 0 Å². The van der Waals surface area contributed by atoms with Crippen LogP contribution in [-0.2, 0) is 42.9 Å². The standard InChI is InChI=1S/C14H20O10/c1-6(15)20-5-10-11(21-7(2)16)12(22-8(3)17)13(14(19)24-10)23-9(4)18/h10-14,19H,5H2,1-4H3/t10?,11?,12?,13-,14+/m0/s1. The maximum Gasteiger partial charge on any atom is 0.303 e. The monoisotopic (exact) mass is 348 g/mol. The van der Waals surface area contributed by atoms with Crippen molar-refractivity contribution in [3.05, 3.63) is 0 Å². The smallest absolute Gasteiger partial charge is 0.303 e. The van der Waals surface area contributed by atoms with Gasteiger partial charge >= 0.3 is 23.9 Å². The maximum atomic E-state index is 11.3. The Labute approximate surface area is 137 Å². The lowest BCUT2D eigenvalue weighted by Gasteiger charge is -2.42. The van der Waals surface area contributed by atoms with E-state index in [1.807, 2.05) is 0 Å². The molecule has 136 valence electrons. The van der Waals surface area contributed by atoms with Crippen LogP contribution in [0.25, 0.3) is 0 Å². The molecule has 0 aromatic heterocycles. The third-order valence-corrected chi connectivity index (χ3v) is 2.97. The number of aliphatic hydroxyl groups excluding tert-OH is 1. The summed E-state index contributed by atoms with van der Waals surface area (Å²) in [6.07, 6.45) is -6.79. The molecular formula is C14H20O10. The first-order valence-electron chi connectivity index (χ1n) is 7.10. The predicted molar refractivity (Wildman–Crippen MR) is 74.2 cm³/mol. The highest BCUT2D eigenvalue weighted by Crippen LogP contribution is 2.28. The highest BCUT2D eigenvalue weighted by Gasteiger charge is 2.51. The van der Waals surface area contributed by atoms with E-state index in [1.165, 1.54) is 0 Å². The van der Waals surface area contributed by atoms with Gasteiger partial charge in [0.05, 0.1) is 0 Å². The van der Waals surface area contributed by atoms with E-state index in [1.54, 1.807) is 0 Å².